The lowest BCUT2D eigenvalue weighted by Crippen LogP contribution is -2.54. The van der Waals surface area contributed by atoms with E-state index in [0.29, 0.717) is 34.2 Å². The fraction of sp³-hybridized carbons (Fsp3) is 0.375. The van der Waals surface area contributed by atoms with E-state index >= 15 is 0 Å². The Morgan fingerprint density at radius 2 is 2.11 bits per heavy atom. The molecule has 0 radical (unpaired) electrons. The Morgan fingerprint density at radius 3 is 2.94 bits per heavy atom. The molecule has 0 spiro atoms. The standard InChI is InChI=1S/C24H24N8O2S/c1-24(2)11-30(12-24)10-18(33)27-13-6-15-20(25-7-13)21-19(22(34)28-15)23-32(29-21)9-17(35-23)14-8-26-31-5-3-4-16(14)31/h6-9H,3-5,10-12H2,1-2H3,(H,27,33)(H,28,34). The summed E-state index contributed by atoms with van der Waals surface area (Å²) in [7, 11) is 0. The van der Waals surface area contributed by atoms with Crippen molar-refractivity contribution in [2.75, 3.05) is 25.0 Å². The van der Waals surface area contributed by atoms with Crippen molar-refractivity contribution in [1.82, 2.24) is 34.3 Å². The molecule has 2 aliphatic heterocycles. The van der Waals surface area contributed by atoms with Crippen LogP contribution in [0.5, 0.6) is 0 Å². The summed E-state index contributed by atoms with van der Waals surface area (Å²) >= 11 is 1.54. The molecule has 0 saturated carbocycles. The van der Waals surface area contributed by atoms with Crippen LogP contribution in [0.25, 0.3) is 37.2 Å². The highest BCUT2D eigenvalue weighted by atomic mass is 32.1. The molecule has 7 heterocycles. The van der Waals surface area contributed by atoms with Crippen LogP contribution in [0.3, 0.4) is 0 Å². The van der Waals surface area contributed by atoms with Crippen LogP contribution < -0.4 is 10.9 Å². The van der Waals surface area contributed by atoms with Crippen molar-refractivity contribution in [3.05, 3.63) is 40.7 Å². The van der Waals surface area contributed by atoms with E-state index < -0.39 is 0 Å². The lowest BCUT2D eigenvalue weighted by Gasteiger charge is -2.45. The van der Waals surface area contributed by atoms with Gasteiger partial charge in [-0.1, -0.05) is 13.8 Å². The molecule has 0 atom stereocenters. The van der Waals surface area contributed by atoms with Crippen molar-refractivity contribution < 1.29 is 4.79 Å². The van der Waals surface area contributed by atoms with Crippen molar-refractivity contribution in [2.45, 2.75) is 33.2 Å². The maximum absolute atomic E-state index is 13.1. The molecule has 11 heteroatoms. The average molecular weight is 489 g/mol. The number of nitrogens with zero attached hydrogens (tertiary/aromatic N) is 6. The van der Waals surface area contributed by atoms with Crippen LogP contribution in [0.4, 0.5) is 5.69 Å². The number of amides is 1. The number of carbonyl (C=O) groups is 1. The molecule has 10 nitrogen and oxygen atoms in total. The number of likely N-dealkylation sites (tertiary alicyclic amines) is 1. The molecule has 0 unspecified atom stereocenters. The second-order valence-electron chi connectivity index (χ2n) is 10.3. The smallest absolute Gasteiger partial charge is 0.261 e. The van der Waals surface area contributed by atoms with E-state index in [9.17, 15) is 9.59 Å². The molecule has 7 rings (SSSR count). The first kappa shape index (κ1) is 20.8. The van der Waals surface area contributed by atoms with Crippen molar-refractivity contribution in [3.8, 4) is 10.4 Å². The molecule has 1 saturated heterocycles. The number of aromatic nitrogens is 6. The van der Waals surface area contributed by atoms with Crippen LogP contribution in [-0.2, 0) is 17.8 Å². The Hall–Kier alpha value is -3.57. The monoisotopic (exact) mass is 488 g/mol. The average Bonchev–Trinajstić information content (AvgIpc) is 3.52. The summed E-state index contributed by atoms with van der Waals surface area (Å²) in [6.07, 6.45) is 7.61. The second-order valence-corrected chi connectivity index (χ2v) is 11.4. The number of thiazole rings is 1. The lowest BCUT2D eigenvalue weighted by atomic mass is 9.84. The topological polar surface area (TPSA) is 113 Å². The third kappa shape index (κ3) is 3.29. The minimum absolute atomic E-state index is 0.0910. The molecule has 2 aliphatic rings. The molecule has 1 fully saturated rings. The highest BCUT2D eigenvalue weighted by molar-refractivity contribution is 7.21. The molecular weight excluding hydrogens is 464 g/mol. The molecule has 5 aromatic rings. The Labute approximate surface area is 203 Å². The van der Waals surface area contributed by atoms with Gasteiger partial charge in [0.1, 0.15) is 21.3 Å². The minimum Gasteiger partial charge on any atom is -0.324 e. The Morgan fingerprint density at radius 1 is 1.26 bits per heavy atom. The Kier molecular flexibility index (Phi) is 4.28. The van der Waals surface area contributed by atoms with Gasteiger partial charge in [-0.25, -0.2) is 4.52 Å². The second kappa shape index (κ2) is 7.22. The van der Waals surface area contributed by atoms with Crippen LogP contribution in [0.15, 0.2) is 29.5 Å². The van der Waals surface area contributed by atoms with Gasteiger partial charge < -0.3 is 10.3 Å². The molecule has 0 aliphatic carbocycles. The third-order valence-corrected chi connectivity index (χ3v) is 7.98. The zero-order valence-corrected chi connectivity index (χ0v) is 20.3. The molecule has 0 bridgehead atoms. The fourth-order valence-electron chi connectivity index (χ4n) is 5.49. The maximum atomic E-state index is 13.1. The van der Waals surface area contributed by atoms with Gasteiger partial charge in [-0.15, -0.1) is 11.3 Å². The number of hydrogen-bond acceptors (Lipinski definition) is 7. The SMILES string of the molecule is CC1(C)CN(CC(=O)Nc2cnc3c(c2)[nH]c(=O)c2c3nn3cc(-c4cnn5c4CCC5)sc23)C1. The van der Waals surface area contributed by atoms with Crippen molar-refractivity contribution in [2.24, 2.45) is 5.41 Å². The van der Waals surface area contributed by atoms with E-state index in [2.05, 4.69) is 43.8 Å². The summed E-state index contributed by atoms with van der Waals surface area (Å²) in [5, 5.41) is 12.6. The van der Waals surface area contributed by atoms with E-state index in [1.165, 1.54) is 5.69 Å². The van der Waals surface area contributed by atoms with Gasteiger partial charge in [-0.3, -0.25) is 24.2 Å². The zero-order valence-electron chi connectivity index (χ0n) is 19.5. The summed E-state index contributed by atoms with van der Waals surface area (Å²) < 4.78 is 3.82. The maximum Gasteiger partial charge on any atom is 0.261 e. The number of fused-ring (bicyclic) bond motifs is 6. The van der Waals surface area contributed by atoms with Gasteiger partial charge in [0, 0.05) is 37.1 Å². The van der Waals surface area contributed by atoms with E-state index in [-0.39, 0.29) is 16.9 Å². The Balaban J connectivity index is 1.22. The normalized spacial score (nSPS) is 17.3. The molecule has 35 heavy (non-hydrogen) atoms. The van der Waals surface area contributed by atoms with Gasteiger partial charge in [-0.05, 0) is 24.3 Å². The van der Waals surface area contributed by atoms with E-state index in [1.807, 2.05) is 12.4 Å². The highest BCUT2D eigenvalue weighted by Gasteiger charge is 2.34. The molecule has 0 aromatic carbocycles. The molecule has 5 aromatic heterocycles. The predicted molar refractivity (Wildman–Crippen MR) is 135 cm³/mol. The van der Waals surface area contributed by atoms with Crippen molar-refractivity contribution in [3.63, 3.8) is 0 Å². The van der Waals surface area contributed by atoms with Crippen LogP contribution in [0, 0.1) is 5.41 Å². The van der Waals surface area contributed by atoms with Gasteiger partial charge in [-0.2, -0.15) is 10.2 Å². The van der Waals surface area contributed by atoms with Crippen LogP contribution >= 0.6 is 11.3 Å². The summed E-state index contributed by atoms with van der Waals surface area (Å²) in [6.45, 7) is 7.50. The van der Waals surface area contributed by atoms with Crippen molar-refractivity contribution in [1.29, 1.82) is 0 Å². The molecule has 178 valence electrons. The minimum atomic E-state index is -0.218. The number of aromatic amines is 1. The first-order chi connectivity index (χ1) is 16.8. The first-order valence-electron chi connectivity index (χ1n) is 11.8. The van der Waals surface area contributed by atoms with Gasteiger partial charge in [0.05, 0.1) is 35.0 Å². The third-order valence-electron chi connectivity index (χ3n) is 6.85. The highest BCUT2D eigenvalue weighted by Crippen LogP contribution is 2.36. The number of carbonyl (C=O) groups excluding carboxylic acids is 1. The fourth-order valence-corrected chi connectivity index (χ4v) is 6.61. The van der Waals surface area contributed by atoms with E-state index in [0.717, 1.165) is 47.7 Å². The summed E-state index contributed by atoms with van der Waals surface area (Å²) in [5.41, 5.74) is 4.67. The lowest BCUT2D eigenvalue weighted by molar-refractivity contribution is -0.120. The van der Waals surface area contributed by atoms with Crippen LogP contribution in [-0.4, -0.2) is 59.8 Å². The number of hydrogen-bond donors (Lipinski definition) is 2. The van der Waals surface area contributed by atoms with Crippen LogP contribution in [0.1, 0.15) is 26.0 Å². The van der Waals surface area contributed by atoms with E-state index in [1.54, 1.807) is 28.1 Å². The van der Waals surface area contributed by atoms with Crippen LogP contribution in [0.2, 0.25) is 0 Å². The molecular formula is C24H24N8O2S. The zero-order chi connectivity index (χ0) is 23.9. The van der Waals surface area contributed by atoms with Gasteiger partial charge >= 0.3 is 0 Å². The van der Waals surface area contributed by atoms with Gasteiger partial charge in [0.15, 0.2) is 0 Å². The number of aryl methyl sites for hydroxylation is 1. The molecule has 1 amide bonds. The largest absolute Gasteiger partial charge is 0.324 e. The quantitative estimate of drug-likeness (QED) is 0.402. The number of rotatable bonds is 4. The molecule has 2 N–H and O–H groups in total. The first-order valence-corrected chi connectivity index (χ1v) is 12.6. The number of anilines is 1. The number of pyridine rings is 2. The van der Waals surface area contributed by atoms with Gasteiger partial charge in [0.2, 0.25) is 5.91 Å². The van der Waals surface area contributed by atoms with E-state index in [4.69, 9.17) is 5.10 Å². The van der Waals surface area contributed by atoms with Gasteiger partial charge in [0.25, 0.3) is 5.56 Å². The summed E-state index contributed by atoms with van der Waals surface area (Å²) in [4.78, 5) is 37.0. The van der Waals surface area contributed by atoms with Crippen molar-refractivity contribution >= 4 is 49.7 Å². The summed E-state index contributed by atoms with van der Waals surface area (Å²) in [6, 6.07) is 1.75. The number of nitrogens with one attached hydrogen (secondary N) is 2. The summed E-state index contributed by atoms with van der Waals surface area (Å²) in [5.74, 6) is -0.0910. The number of H-pyrrole nitrogens is 1. The Bertz CT molecular complexity index is 1710. The predicted octanol–water partition coefficient (Wildman–Crippen LogP) is 2.88.